The van der Waals surface area contributed by atoms with Crippen LogP contribution in [-0.4, -0.2) is 0 Å². The van der Waals surface area contributed by atoms with Crippen LogP contribution in [0.15, 0.2) is 109 Å². The minimum Gasteiger partial charge on any atom is -1.00 e. The molecule has 0 heterocycles. The number of rotatable bonds is 5. The van der Waals surface area contributed by atoms with Gasteiger partial charge in [-0.15, -0.1) is 0 Å². The quantitative estimate of drug-likeness (QED) is 0.449. The highest BCUT2D eigenvalue weighted by Gasteiger charge is 2.45. The van der Waals surface area contributed by atoms with Crippen molar-refractivity contribution in [1.29, 1.82) is 5.26 Å². The fraction of sp³-hybridized carbons (Fsp3) is 0.0741. The largest absolute Gasteiger partial charge is 1.00 e. The lowest BCUT2D eigenvalue weighted by atomic mass is 10.1. The van der Waals surface area contributed by atoms with Crippen molar-refractivity contribution in [3.8, 4) is 6.07 Å². The fourth-order valence-electron chi connectivity index (χ4n) is 3.93. The Labute approximate surface area is 185 Å². The van der Waals surface area contributed by atoms with Crippen molar-refractivity contribution < 1.29 is 12.4 Å². The third-order valence-electron chi connectivity index (χ3n) is 5.43. The number of benzene rings is 4. The summed E-state index contributed by atoms with van der Waals surface area (Å²) in [7, 11) is -1.93. The highest BCUT2D eigenvalue weighted by atomic mass is 35.5. The first kappa shape index (κ1) is 21.8. The van der Waals surface area contributed by atoms with Crippen LogP contribution in [-0.2, 0) is 6.16 Å². The zero-order chi connectivity index (χ0) is 20.1. The molecule has 0 N–H and O–H groups in total. The minimum absolute atomic E-state index is 0. The Morgan fingerprint density at radius 1 is 0.667 bits per heavy atom. The molecule has 0 aliphatic rings. The van der Waals surface area contributed by atoms with Crippen molar-refractivity contribution >= 4 is 23.2 Å². The summed E-state index contributed by atoms with van der Waals surface area (Å²) in [5, 5.41) is 13.6. The molecule has 0 saturated carbocycles. The van der Waals surface area contributed by atoms with Gasteiger partial charge in [-0.25, -0.2) is 0 Å². The predicted molar refractivity (Wildman–Crippen MR) is 125 cm³/mol. The van der Waals surface area contributed by atoms with Crippen molar-refractivity contribution in [2.45, 2.75) is 13.1 Å². The van der Waals surface area contributed by atoms with Gasteiger partial charge in [0.25, 0.3) is 0 Å². The topological polar surface area (TPSA) is 23.8 Å². The van der Waals surface area contributed by atoms with Gasteiger partial charge in [0.2, 0.25) is 0 Å². The van der Waals surface area contributed by atoms with Crippen molar-refractivity contribution in [2.75, 3.05) is 0 Å². The van der Waals surface area contributed by atoms with E-state index in [-0.39, 0.29) is 12.4 Å². The maximum Gasteiger partial charge on any atom is 0.116 e. The lowest BCUT2D eigenvalue weighted by Gasteiger charge is -2.28. The maximum absolute atomic E-state index is 9.55. The van der Waals surface area contributed by atoms with E-state index in [0.717, 1.165) is 17.3 Å². The number of nitriles is 1. The molecule has 0 unspecified atom stereocenters. The number of hydrogen-bond acceptors (Lipinski definition) is 1. The Bertz CT molecular complexity index is 1040. The molecule has 3 heteroatoms. The fourth-order valence-corrected chi connectivity index (χ4v) is 8.16. The van der Waals surface area contributed by atoms with E-state index in [1.807, 2.05) is 6.92 Å². The van der Waals surface area contributed by atoms with Gasteiger partial charge in [-0.2, -0.15) is 5.26 Å². The summed E-state index contributed by atoms with van der Waals surface area (Å²) in [6.07, 6.45) is 0.889. The summed E-state index contributed by atoms with van der Waals surface area (Å²) in [6, 6.07) is 41.2. The molecule has 30 heavy (non-hydrogen) atoms. The van der Waals surface area contributed by atoms with E-state index in [1.54, 1.807) is 0 Å². The van der Waals surface area contributed by atoms with Gasteiger partial charge in [0.05, 0.1) is 17.8 Å². The molecule has 4 aromatic rings. The molecule has 0 saturated heterocycles. The Morgan fingerprint density at radius 2 is 1.10 bits per heavy atom. The van der Waals surface area contributed by atoms with Gasteiger partial charge >= 0.3 is 0 Å². The molecule has 4 aromatic carbocycles. The number of nitrogens with zero attached hydrogens (tertiary/aromatic N) is 1. The second kappa shape index (κ2) is 9.73. The van der Waals surface area contributed by atoms with Crippen LogP contribution in [0.4, 0.5) is 0 Å². The van der Waals surface area contributed by atoms with Crippen molar-refractivity contribution in [1.82, 2.24) is 0 Å². The molecular formula is C27H23ClNP. The molecule has 0 atom stereocenters. The van der Waals surface area contributed by atoms with Crippen molar-refractivity contribution in [3.63, 3.8) is 0 Å². The van der Waals surface area contributed by atoms with Gasteiger partial charge in [-0.3, -0.25) is 0 Å². The van der Waals surface area contributed by atoms with Crippen LogP contribution in [0.3, 0.4) is 0 Å². The van der Waals surface area contributed by atoms with Gasteiger partial charge in [-0.1, -0.05) is 66.7 Å². The second-order valence-electron chi connectivity index (χ2n) is 7.24. The summed E-state index contributed by atoms with van der Waals surface area (Å²) in [6.45, 7) is 2.00. The van der Waals surface area contributed by atoms with E-state index in [1.165, 1.54) is 21.5 Å². The summed E-state index contributed by atoms with van der Waals surface area (Å²) < 4.78 is 0. The summed E-state index contributed by atoms with van der Waals surface area (Å²) >= 11 is 0. The smallest absolute Gasteiger partial charge is 0.116 e. The molecule has 4 rings (SSSR count). The first-order chi connectivity index (χ1) is 14.2. The molecule has 0 aliphatic heterocycles. The molecule has 0 bridgehead atoms. The highest BCUT2D eigenvalue weighted by Crippen LogP contribution is 2.58. The van der Waals surface area contributed by atoms with E-state index in [4.69, 9.17) is 0 Å². The molecule has 0 radical (unpaired) electrons. The predicted octanol–water partition coefficient (Wildman–Crippen LogP) is 2.36. The van der Waals surface area contributed by atoms with Crippen LogP contribution in [0, 0.1) is 18.3 Å². The Hall–Kier alpha value is -2.91. The molecule has 0 spiro atoms. The van der Waals surface area contributed by atoms with Crippen LogP contribution in [0.5, 0.6) is 0 Å². The number of aryl methyl sites for hydroxylation is 1. The Balaban J connectivity index is 0.00000256. The summed E-state index contributed by atoms with van der Waals surface area (Å²) in [4.78, 5) is 0. The molecule has 0 aliphatic carbocycles. The lowest BCUT2D eigenvalue weighted by molar-refractivity contribution is -0.00000595. The average Bonchev–Trinajstić information content (AvgIpc) is 2.80. The standard InChI is InChI=1S/C27H23NP.ClH/c1-22-17-18-23(19-24(22)20-28)21-29(25-11-5-2-6-12-25,26-13-7-3-8-14-26)27-15-9-4-10-16-27;/h2-19H,21H2,1H3;1H/q+1;/p-1. The molecule has 148 valence electrons. The second-order valence-corrected chi connectivity index (χ2v) is 10.7. The van der Waals surface area contributed by atoms with Crippen molar-refractivity contribution in [3.05, 3.63) is 126 Å². The third kappa shape index (κ3) is 4.17. The van der Waals surface area contributed by atoms with Crippen LogP contribution >= 0.6 is 7.26 Å². The van der Waals surface area contributed by atoms with Gasteiger partial charge in [0.15, 0.2) is 0 Å². The lowest BCUT2D eigenvalue weighted by Crippen LogP contribution is -3.00. The van der Waals surface area contributed by atoms with Crippen LogP contribution in [0.2, 0.25) is 0 Å². The van der Waals surface area contributed by atoms with Crippen molar-refractivity contribution in [2.24, 2.45) is 0 Å². The average molecular weight is 428 g/mol. The molecule has 0 aromatic heterocycles. The Kier molecular flexibility index (Phi) is 7.07. The SMILES string of the molecule is Cc1ccc(C[P+](c2ccccc2)(c2ccccc2)c2ccccc2)cc1C#N.[Cl-]. The van der Waals surface area contributed by atoms with Crippen LogP contribution in [0.25, 0.3) is 0 Å². The normalized spacial score (nSPS) is 10.7. The third-order valence-corrected chi connectivity index (χ3v) is 9.81. The van der Waals surface area contributed by atoms with Gasteiger partial charge in [0.1, 0.15) is 23.2 Å². The van der Waals surface area contributed by atoms with Gasteiger partial charge in [0, 0.05) is 0 Å². The first-order valence-corrected chi connectivity index (χ1v) is 11.8. The van der Waals surface area contributed by atoms with E-state index in [9.17, 15) is 5.26 Å². The number of hydrogen-bond donors (Lipinski definition) is 0. The highest BCUT2D eigenvalue weighted by molar-refractivity contribution is 7.95. The van der Waals surface area contributed by atoms with Crippen LogP contribution in [0.1, 0.15) is 16.7 Å². The Morgan fingerprint density at radius 3 is 1.50 bits per heavy atom. The summed E-state index contributed by atoms with van der Waals surface area (Å²) in [5.74, 6) is 0. The zero-order valence-corrected chi connectivity index (χ0v) is 18.5. The van der Waals surface area contributed by atoms with Crippen LogP contribution < -0.4 is 28.3 Å². The van der Waals surface area contributed by atoms with Gasteiger partial charge < -0.3 is 12.4 Å². The number of halogens is 1. The zero-order valence-electron chi connectivity index (χ0n) is 16.9. The minimum atomic E-state index is -1.93. The maximum atomic E-state index is 9.55. The van der Waals surface area contributed by atoms with Gasteiger partial charge in [-0.05, 0) is 60.5 Å². The molecule has 0 fully saturated rings. The summed E-state index contributed by atoms with van der Waals surface area (Å²) in [5.41, 5.74) is 2.99. The van der Waals surface area contributed by atoms with E-state index in [2.05, 4.69) is 115 Å². The van der Waals surface area contributed by atoms with E-state index in [0.29, 0.717) is 0 Å². The first-order valence-electron chi connectivity index (χ1n) is 9.78. The van der Waals surface area contributed by atoms with E-state index < -0.39 is 7.26 Å². The molecular weight excluding hydrogens is 405 g/mol. The molecule has 0 amide bonds. The molecule has 1 nitrogen and oxygen atoms in total. The monoisotopic (exact) mass is 427 g/mol. The van der Waals surface area contributed by atoms with E-state index >= 15 is 0 Å².